The summed E-state index contributed by atoms with van der Waals surface area (Å²) < 4.78 is 150. The van der Waals surface area contributed by atoms with Crippen LogP contribution in [-0.4, -0.2) is 175 Å². The molecule has 39 heteroatoms. The lowest BCUT2D eigenvalue weighted by atomic mass is 9.79. The Morgan fingerprint density at radius 2 is 0.585 bits per heavy atom. The van der Waals surface area contributed by atoms with Crippen molar-refractivity contribution < 1.29 is 116 Å². The Kier molecular flexibility index (Phi) is 29.9. The zero-order chi connectivity index (χ0) is 98.2. The van der Waals surface area contributed by atoms with E-state index >= 15 is 0 Å². The predicted octanol–water partition coefficient (Wildman–Crippen LogP) is 15.2. The minimum atomic E-state index is -4.66. The minimum absolute atomic E-state index is 0.129. The molecule has 12 aromatic rings. The zero-order valence-electron chi connectivity index (χ0n) is 81.7. The molecule has 6 aliphatic heterocycles. The van der Waals surface area contributed by atoms with E-state index in [1.54, 1.807) is 57.5 Å². The molecule has 6 saturated heterocycles. The average molecular weight is 1860 g/mol. The number of hydrogen-bond donors (Lipinski definition) is 2. The van der Waals surface area contributed by atoms with E-state index in [-0.39, 0.29) is 111 Å². The highest BCUT2D eigenvalue weighted by molar-refractivity contribution is 6.64. The summed E-state index contributed by atoms with van der Waals surface area (Å²) >= 11 is 0. The van der Waals surface area contributed by atoms with Gasteiger partial charge in [-0.3, -0.25) is 0 Å². The SMILES string of the molecule is CC1(C)OB(c2ccc(-c3cc(CO)no3)cc2)OC1(C)C.CC1(C)OB(c2ccc(-c3cc(CO)on3)cc2)OC1(C)C.CC1(C)OB(c2ccc(-c3nnc(C(F)(F)F)o3)cc2)OC1(C)C.COCc1cc(-c2ccc(B3OC(C)(C)C(C)(C)O3)cc2)no1.COCc1cc(-c2ccc(B3OC(C)(C)C(C)(C)O3)cc2)on1.Cc1nc(-c2ccc(B3OC(C)(C)C(C)(C)O3)cc2)no1. The first-order valence-corrected chi connectivity index (χ1v) is 44.6. The number of alkyl halides is 3. The van der Waals surface area contributed by atoms with E-state index in [9.17, 15) is 13.2 Å². The highest BCUT2D eigenvalue weighted by atomic mass is 19.4. The van der Waals surface area contributed by atoms with Crippen LogP contribution in [0.3, 0.4) is 0 Å². The molecule has 30 nitrogen and oxygen atoms in total. The summed E-state index contributed by atoms with van der Waals surface area (Å²) in [6.07, 6.45) is -4.66. The van der Waals surface area contributed by atoms with Gasteiger partial charge < -0.3 is 103 Å². The topological polar surface area (TPSA) is 352 Å². The lowest BCUT2D eigenvalue weighted by Crippen LogP contribution is -2.41. The normalized spacial score (nSPS) is 19.6. The van der Waals surface area contributed by atoms with Crippen LogP contribution in [0.2, 0.25) is 0 Å². The molecule has 18 rings (SSSR count). The third-order valence-electron chi connectivity index (χ3n) is 26.6. The summed E-state index contributed by atoms with van der Waals surface area (Å²) in [6, 6.07) is 53.2. The largest absolute Gasteiger partial charge is 0.494 e. The zero-order valence-corrected chi connectivity index (χ0v) is 81.7. The molecule has 6 fully saturated rings. The molecule has 6 aliphatic rings. The molecule has 0 unspecified atom stereocenters. The molecular formula is C96H119B6F3N8O22. The van der Waals surface area contributed by atoms with Gasteiger partial charge >= 0.3 is 54.8 Å². The fourth-order valence-electron chi connectivity index (χ4n) is 13.9. The smallest absolute Gasteiger partial charge is 0.413 e. The monoisotopic (exact) mass is 1860 g/mol. The Balaban J connectivity index is 0.000000137. The van der Waals surface area contributed by atoms with Crippen molar-refractivity contribution >= 4 is 75.5 Å². The van der Waals surface area contributed by atoms with Crippen LogP contribution in [-0.2, 0) is 97.9 Å². The first-order valence-electron chi connectivity index (χ1n) is 44.6. The van der Waals surface area contributed by atoms with Gasteiger partial charge in [0.2, 0.25) is 17.6 Å². The Morgan fingerprint density at radius 3 is 0.852 bits per heavy atom. The van der Waals surface area contributed by atoms with E-state index < -0.39 is 30.4 Å². The Labute approximate surface area is 787 Å². The molecule has 0 amide bonds. The molecule has 0 aliphatic carbocycles. The number of aryl methyl sites for hydroxylation is 1. The third kappa shape index (κ3) is 23.2. The second kappa shape index (κ2) is 39.5. The van der Waals surface area contributed by atoms with Crippen molar-refractivity contribution in [2.24, 2.45) is 0 Å². The Bertz CT molecular complexity index is 5600. The van der Waals surface area contributed by atoms with E-state index in [2.05, 4.69) is 45.4 Å². The van der Waals surface area contributed by atoms with Crippen LogP contribution in [0.25, 0.3) is 68.0 Å². The van der Waals surface area contributed by atoms with Crippen molar-refractivity contribution in [2.75, 3.05) is 14.2 Å². The van der Waals surface area contributed by atoms with Crippen molar-refractivity contribution in [1.82, 2.24) is 41.0 Å². The van der Waals surface area contributed by atoms with Crippen LogP contribution in [0.5, 0.6) is 0 Å². The van der Waals surface area contributed by atoms with Gasteiger partial charge in [0.25, 0.3) is 0 Å². The van der Waals surface area contributed by atoms with Gasteiger partial charge in [-0.1, -0.05) is 159 Å². The molecule has 12 heterocycles. The summed E-state index contributed by atoms with van der Waals surface area (Å²) in [4.78, 5) is 4.21. The second-order valence-electron chi connectivity index (χ2n) is 39.7. The average Bonchev–Trinajstić information content (AvgIpc) is 1.53. The highest BCUT2D eigenvalue weighted by Gasteiger charge is 2.57. The number of halogens is 3. The summed E-state index contributed by atoms with van der Waals surface area (Å²) in [5.41, 5.74) is 9.15. The van der Waals surface area contributed by atoms with Gasteiger partial charge in [-0.25, -0.2) is 0 Å². The van der Waals surface area contributed by atoms with Gasteiger partial charge in [-0.2, -0.15) is 18.2 Å². The van der Waals surface area contributed by atoms with E-state index in [1.165, 1.54) is 0 Å². The molecule has 2 N–H and O–H groups in total. The Hall–Kier alpha value is -10.0. The number of hydrogen-bond acceptors (Lipinski definition) is 30. The highest BCUT2D eigenvalue weighted by Crippen LogP contribution is 2.43. The maximum atomic E-state index is 12.5. The molecule has 0 saturated carbocycles. The van der Waals surface area contributed by atoms with Crippen LogP contribution < -0.4 is 32.8 Å². The first-order chi connectivity index (χ1) is 63.1. The summed E-state index contributed by atoms with van der Waals surface area (Å²) in [5, 5.41) is 44.1. The molecule has 0 radical (unpaired) electrons. The van der Waals surface area contributed by atoms with E-state index in [0.717, 1.165) is 77.7 Å². The van der Waals surface area contributed by atoms with Crippen molar-refractivity contribution in [2.45, 2.75) is 273 Å². The molecular weight excluding hydrogens is 1740 g/mol. The van der Waals surface area contributed by atoms with Crippen molar-refractivity contribution in [3.8, 4) is 68.0 Å². The van der Waals surface area contributed by atoms with Crippen LogP contribution in [0.15, 0.2) is 197 Å². The van der Waals surface area contributed by atoms with Crippen LogP contribution in [0.4, 0.5) is 13.2 Å². The summed E-state index contributed by atoms with van der Waals surface area (Å²) in [5.74, 6) is 2.09. The van der Waals surface area contributed by atoms with Crippen LogP contribution in [0, 0.1) is 6.92 Å². The van der Waals surface area contributed by atoms with Crippen molar-refractivity contribution in [1.29, 1.82) is 0 Å². The van der Waals surface area contributed by atoms with Crippen molar-refractivity contribution in [3.05, 3.63) is 205 Å². The Morgan fingerprint density at radius 1 is 0.304 bits per heavy atom. The first kappa shape index (κ1) is 102. The standard InChI is InChI=1S/2C17H22BNO4.2C16H20BNO4.C15H16BF3N2O3.C15H19BN2O3/c1-16(2)17(3,4)23-18(22-16)13-8-6-12(7-9-13)15-10-14(11-20-5)21-19-15;1-16(2)17(3,4)23-18(22-16)13-8-6-12(7-9-13)15-10-14(11-20-5)19-21-15;1-15(2)16(3,4)22-17(21-15)12-7-5-11(6-8-12)14-9-13(10-19)20-18-14;1-15(2)16(3,4)22-17(21-15)12-7-5-11(6-8-12)14-9-13(10-19)18-20-14;1-13(2)14(3,4)24-16(23-13)10-7-5-9(6-8-10)11-20-21-12(22-11)15(17,18)19;1-10-17-13(18-19-10)11-6-8-12(9-7-11)16-20-14(2,3)15(4,5)21-16/h2*6-10H,11H2,1-5H3;2*5-9,19H,10H2,1-4H3;5-8H,1-4H3;6-9H,1-5H3. The quantitative estimate of drug-likeness (QED) is 0.0753. The summed E-state index contributed by atoms with van der Waals surface area (Å²) in [6.45, 7) is 51.0. The number of methoxy groups -OCH3 is 2. The van der Waals surface area contributed by atoms with Gasteiger partial charge in [0.1, 0.15) is 36.0 Å². The number of aliphatic hydroxyl groups is 2. The van der Waals surface area contributed by atoms with Gasteiger partial charge in [-0.15, -0.1) is 10.2 Å². The molecule has 0 spiro atoms. The number of aliphatic hydroxyl groups excluding tert-OH is 2. The second-order valence-corrected chi connectivity index (χ2v) is 39.7. The molecule has 0 bridgehead atoms. The van der Waals surface area contributed by atoms with Crippen molar-refractivity contribution in [3.63, 3.8) is 0 Å². The lowest BCUT2D eigenvalue weighted by Gasteiger charge is -2.32. The lowest BCUT2D eigenvalue weighted by molar-refractivity contribution is -0.157. The van der Waals surface area contributed by atoms with Gasteiger partial charge in [0.15, 0.2) is 23.0 Å². The molecule has 714 valence electrons. The number of nitrogens with zero attached hydrogens (tertiary/aromatic N) is 8. The van der Waals surface area contributed by atoms with Gasteiger partial charge in [-0.05, 0) is 211 Å². The number of ether oxygens (including phenoxy) is 2. The predicted molar refractivity (Wildman–Crippen MR) is 505 cm³/mol. The minimum Gasteiger partial charge on any atom is -0.413 e. The fraction of sp³-hybridized carbons (Fsp3) is 0.458. The molecule has 6 aromatic heterocycles. The number of rotatable bonds is 18. The maximum Gasteiger partial charge on any atom is 0.494 e. The summed E-state index contributed by atoms with van der Waals surface area (Å²) in [7, 11) is 0.915. The van der Waals surface area contributed by atoms with E-state index in [1.807, 2.05) is 300 Å². The van der Waals surface area contributed by atoms with E-state index in [4.69, 9.17) is 98.2 Å². The number of benzene rings is 6. The van der Waals surface area contributed by atoms with Gasteiger partial charge in [0, 0.05) is 78.8 Å². The molecule has 6 aromatic carbocycles. The maximum absolute atomic E-state index is 12.5. The fourth-order valence-corrected chi connectivity index (χ4v) is 13.9. The number of aromatic nitrogens is 8. The molecule has 135 heavy (non-hydrogen) atoms. The van der Waals surface area contributed by atoms with Gasteiger partial charge in [0.05, 0.1) is 80.4 Å². The third-order valence-corrected chi connectivity index (χ3v) is 26.6. The van der Waals surface area contributed by atoms with Crippen LogP contribution >= 0.6 is 0 Å². The van der Waals surface area contributed by atoms with E-state index in [0.29, 0.717) is 59.2 Å². The molecule has 0 atom stereocenters. The van der Waals surface area contributed by atoms with Crippen LogP contribution in [0.1, 0.15) is 201 Å².